The topological polar surface area (TPSA) is 77.8 Å². The monoisotopic (exact) mass is 172 g/mol. The summed E-state index contributed by atoms with van der Waals surface area (Å²) in [6.07, 6.45) is 0. The van der Waals surface area contributed by atoms with Crippen LogP contribution in [-0.4, -0.2) is 21.3 Å². The van der Waals surface area contributed by atoms with Crippen molar-refractivity contribution in [2.24, 2.45) is 0 Å². The zero-order valence-corrected chi connectivity index (χ0v) is 5.78. The van der Waals surface area contributed by atoms with Gasteiger partial charge in [0.05, 0.1) is 0 Å². The zero-order valence-electron chi connectivity index (χ0n) is 5.78. The highest BCUT2D eigenvalue weighted by Crippen LogP contribution is 2.26. The van der Waals surface area contributed by atoms with Gasteiger partial charge in [0, 0.05) is 0 Å². The van der Waals surface area contributed by atoms with Crippen molar-refractivity contribution in [2.45, 2.75) is 0 Å². The lowest BCUT2D eigenvalue weighted by atomic mass is 10.2. The van der Waals surface area contributed by atoms with E-state index in [1.807, 2.05) is 0 Å². The third-order valence-corrected chi connectivity index (χ3v) is 1.31. The highest BCUT2D eigenvalue weighted by atomic mass is 19.1. The molecule has 0 radical (unpaired) electrons. The van der Waals surface area contributed by atoms with Gasteiger partial charge in [-0.1, -0.05) is 0 Å². The molecule has 5 heteroatoms. The van der Waals surface area contributed by atoms with E-state index in [4.69, 9.17) is 15.3 Å². The van der Waals surface area contributed by atoms with Gasteiger partial charge in [-0.25, -0.2) is 9.18 Å². The van der Waals surface area contributed by atoms with E-state index in [1.165, 1.54) is 0 Å². The van der Waals surface area contributed by atoms with Crippen molar-refractivity contribution in [1.29, 1.82) is 0 Å². The molecule has 0 fully saturated rings. The average molecular weight is 172 g/mol. The molecule has 0 aliphatic rings. The Kier molecular flexibility index (Phi) is 1.86. The van der Waals surface area contributed by atoms with Crippen LogP contribution in [0.4, 0.5) is 4.39 Å². The van der Waals surface area contributed by atoms with E-state index in [-0.39, 0.29) is 0 Å². The lowest BCUT2D eigenvalue weighted by molar-refractivity contribution is 0.0687. The third-order valence-electron chi connectivity index (χ3n) is 1.31. The molecule has 0 unspecified atom stereocenters. The van der Waals surface area contributed by atoms with Crippen LogP contribution in [0.2, 0.25) is 0 Å². The average Bonchev–Trinajstić information content (AvgIpc) is 1.97. The lowest BCUT2D eigenvalue weighted by Gasteiger charge is -2.01. The van der Waals surface area contributed by atoms with E-state index < -0.39 is 28.8 Å². The number of phenolic OH excluding ortho intramolecular Hbond substituents is 1. The van der Waals surface area contributed by atoms with E-state index in [0.717, 1.165) is 12.1 Å². The molecule has 0 aliphatic heterocycles. The maximum atomic E-state index is 12.7. The first-order valence-corrected chi connectivity index (χ1v) is 2.97. The maximum Gasteiger partial charge on any atom is 0.342 e. The highest BCUT2D eigenvalue weighted by Gasteiger charge is 2.18. The van der Waals surface area contributed by atoms with E-state index in [1.54, 1.807) is 0 Å². The van der Waals surface area contributed by atoms with Crippen molar-refractivity contribution in [3.63, 3.8) is 0 Å². The number of phenols is 2. The Morgan fingerprint density at radius 2 is 1.75 bits per heavy atom. The second-order valence-corrected chi connectivity index (χ2v) is 2.10. The van der Waals surface area contributed by atoms with Gasteiger partial charge in [-0.3, -0.25) is 0 Å². The second kappa shape index (κ2) is 2.69. The second-order valence-electron chi connectivity index (χ2n) is 2.10. The van der Waals surface area contributed by atoms with Gasteiger partial charge in [0.1, 0.15) is 11.3 Å². The van der Waals surface area contributed by atoms with E-state index in [9.17, 15) is 9.18 Å². The molecule has 0 bridgehead atoms. The number of hydrogen-bond acceptors (Lipinski definition) is 3. The summed E-state index contributed by atoms with van der Waals surface area (Å²) in [4.78, 5) is 10.3. The summed E-state index contributed by atoms with van der Waals surface area (Å²) in [5, 5.41) is 25.9. The molecule has 4 nitrogen and oxygen atoms in total. The summed E-state index contributed by atoms with van der Waals surface area (Å²) in [6.45, 7) is 0. The van der Waals surface area contributed by atoms with Crippen molar-refractivity contribution in [3.05, 3.63) is 23.5 Å². The Balaban J connectivity index is 3.43. The number of benzene rings is 1. The molecule has 0 amide bonds. The Bertz CT molecular complexity index is 334. The molecule has 0 aromatic heterocycles. The molecule has 12 heavy (non-hydrogen) atoms. The number of carboxylic acid groups (broad SMARTS) is 1. The minimum atomic E-state index is -1.62. The van der Waals surface area contributed by atoms with Crippen LogP contribution in [0.3, 0.4) is 0 Å². The Labute approximate surface area is 66.5 Å². The number of hydrogen-bond donors (Lipinski definition) is 3. The first kappa shape index (κ1) is 8.32. The van der Waals surface area contributed by atoms with Crippen LogP contribution in [-0.2, 0) is 0 Å². The number of carbonyl (C=O) groups is 1. The number of aromatic carboxylic acids is 1. The summed E-state index contributed by atoms with van der Waals surface area (Å²) in [7, 11) is 0. The van der Waals surface area contributed by atoms with Crippen molar-refractivity contribution in [2.75, 3.05) is 0 Å². The molecule has 1 aromatic rings. The van der Waals surface area contributed by atoms with Crippen LogP contribution in [0.5, 0.6) is 11.5 Å². The smallest absolute Gasteiger partial charge is 0.342 e. The van der Waals surface area contributed by atoms with Crippen LogP contribution < -0.4 is 0 Å². The molecule has 0 heterocycles. The quantitative estimate of drug-likeness (QED) is 0.551. The van der Waals surface area contributed by atoms with E-state index in [0.29, 0.717) is 0 Å². The van der Waals surface area contributed by atoms with Crippen LogP contribution in [0.15, 0.2) is 12.1 Å². The van der Waals surface area contributed by atoms with Crippen molar-refractivity contribution in [1.82, 2.24) is 0 Å². The van der Waals surface area contributed by atoms with Crippen LogP contribution in [0.1, 0.15) is 10.4 Å². The van der Waals surface area contributed by atoms with Crippen LogP contribution >= 0.6 is 0 Å². The number of halogens is 1. The predicted octanol–water partition coefficient (Wildman–Crippen LogP) is 0.935. The Morgan fingerprint density at radius 3 is 2.17 bits per heavy atom. The molecule has 1 aromatic carbocycles. The summed E-state index contributed by atoms with van der Waals surface area (Å²) in [5.74, 6) is -4.47. The minimum Gasteiger partial charge on any atom is -0.507 e. The molecule has 0 atom stereocenters. The van der Waals surface area contributed by atoms with Crippen molar-refractivity contribution in [3.8, 4) is 11.5 Å². The molecule has 1 rings (SSSR count). The fraction of sp³-hybridized carbons (Fsp3) is 0. The van der Waals surface area contributed by atoms with Gasteiger partial charge in [0.2, 0.25) is 0 Å². The van der Waals surface area contributed by atoms with E-state index in [2.05, 4.69) is 0 Å². The van der Waals surface area contributed by atoms with Gasteiger partial charge in [-0.2, -0.15) is 0 Å². The normalized spacial score (nSPS) is 9.75. The van der Waals surface area contributed by atoms with Crippen molar-refractivity contribution >= 4 is 5.97 Å². The molecule has 0 aliphatic carbocycles. The number of carboxylic acids is 1. The summed E-state index contributed by atoms with van der Waals surface area (Å²) >= 11 is 0. The fourth-order valence-corrected chi connectivity index (χ4v) is 0.758. The molecular weight excluding hydrogens is 167 g/mol. The Hall–Kier alpha value is -1.78. The first-order valence-electron chi connectivity index (χ1n) is 2.97. The van der Waals surface area contributed by atoms with Crippen molar-refractivity contribution < 1.29 is 24.5 Å². The molecule has 64 valence electrons. The highest BCUT2D eigenvalue weighted by molar-refractivity contribution is 5.91. The molecule has 0 saturated heterocycles. The van der Waals surface area contributed by atoms with Crippen LogP contribution in [0, 0.1) is 5.82 Å². The van der Waals surface area contributed by atoms with Crippen LogP contribution in [0.25, 0.3) is 0 Å². The standard InChI is InChI=1S/C7H5FO4/c8-6-4(10)2-1-3(9)5(6)7(11)12/h1-2,9-10H,(H,11,12). The van der Waals surface area contributed by atoms with Gasteiger partial charge >= 0.3 is 5.97 Å². The van der Waals surface area contributed by atoms with E-state index >= 15 is 0 Å². The summed E-state index contributed by atoms with van der Waals surface area (Å²) in [5.41, 5.74) is -0.921. The predicted molar refractivity (Wildman–Crippen MR) is 36.7 cm³/mol. The molecule has 3 N–H and O–H groups in total. The maximum absolute atomic E-state index is 12.7. The van der Waals surface area contributed by atoms with Gasteiger partial charge in [0.15, 0.2) is 11.6 Å². The number of aromatic hydroxyl groups is 2. The minimum absolute atomic E-state index is 0.710. The lowest BCUT2D eigenvalue weighted by Crippen LogP contribution is -2.00. The summed E-state index contributed by atoms with van der Waals surface area (Å²) < 4.78 is 12.7. The first-order chi connectivity index (χ1) is 5.54. The van der Waals surface area contributed by atoms with Gasteiger partial charge in [0.25, 0.3) is 0 Å². The fourth-order valence-electron chi connectivity index (χ4n) is 0.758. The zero-order chi connectivity index (χ0) is 9.30. The SMILES string of the molecule is O=C(O)c1c(O)ccc(O)c1F. The number of rotatable bonds is 1. The summed E-state index contributed by atoms with van der Waals surface area (Å²) in [6, 6.07) is 1.78. The van der Waals surface area contributed by atoms with Gasteiger partial charge in [-0.15, -0.1) is 0 Å². The largest absolute Gasteiger partial charge is 0.507 e. The molecular formula is C7H5FO4. The van der Waals surface area contributed by atoms with Gasteiger partial charge < -0.3 is 15.3 Å². The Morgan fingerprint density at radius 1 is 1.25 bits per heavy atom. The van der Waals surface area contributed by atoms with Gasteiger partial charge in [-0.05, 0) is 12.1 Å². The molecule has 0 spiro atoms. The third kappa shape index (κ3) is 1.16. The molecule has 0 saturated carbocycles.